The van der Waals surface area contributed by atoms with Crippen LogP contribution in [0.4, 0.5) is 0 Å². The molecule has 120 valence electrons. The summed E-state index contributed by atoms with van der Waals surface area (Å²) < 4.78 is 0. The van der Waals surface area contributed by atoms with Crippen LogP contribution < -0.4 is 5.32 Å². The first-order valence-corrected chi connectivity index (χ1v) is 8.30. The summed E-state index contributed by atoms with van der Waals surface area (Å²) in [6.45, 7) is 4.06. The minimum atomic E-state index is -0.0183. The molecule has 1 aromatic carbocycles. The summed E-state index contributed by atoms with van der Waals surface area (Å²) in [5.74, 6) is 0.397. The molecule has 0 unspecified atom stereocenters. The maximum atomic E-state index is 12.6. The van der Waals surface area contributed by atoms with Crippen molar-refractivity contribution in [3.05, 3.63) is 34.9 Å². The summed E-state index contributed by atoms with van der Waals surface area (Å²) in [5, 5.41) is 3.45. The third kappa shape index (κ3) is 4.47. The molecule has 2 amide bonds. The zero-order chi connectivity index (χ0) is 15.9. The highest BCUT2D eigenvalue weighted by Crippen LogP contribution is 2.22. The molecule has 0 bridgehead atoms. The Kier molecular flexibility index (Phi) is 6.25. The number of rotatable bonds is 5. The van der Waals surface area contributed by atoms with Gasteiger partial charge in [0.25, 0.3) is 5.91 Å². The number of hydrogen-bond donors (Lipinski definition) is 1. The topological polar surface area (TPSA) is 49.4 Å². The molecular formula is C17H23ClN2O2. The van der Waals surface area contributed by atoms with Crippen molar-refractivity contribution in [2.24, 2.45) is 5.92 Å². The molecule has 1 fully saturated rings. The molecular weight excluding hydrogens is 300 g/mol. The Bertz CT molecular complexity index is 533. The van der Waals surface area contributed by atoms with Crippen LogP contribution in [0, 0.1) is 5.92 Å². The van der Waals surface area contributed by atoms with Crippen molar-refractivity contribution in [3.8, 4) is 0 Å². The van der Waals surface area contributed by atoms with E-state index in [0.29, 0.717) is 36.0 Å². The number of carbonyl (C=O) groups is 2. The van der Waals surface area contributed by atoms with E-state index >= 15 is 0 Å². The van der Waals surface area contributed by atoms with Gasteiger partial charge in [0.05, 0.1) is 10.6 Å². The van der Waals surface area contributed by atoms with Crippen LogP contribution in [0.1, 0.15) is 43.0 Å². The van der Waals surface area contributed by atoms with Gasteiger partial charge in [-0.2, -0.15) is 0 Å². The Morgan fingerprint density at radius 1 is 1.36 bits per heavy atom. The van der Waals surface area contributed by atoms with Crippen LogP contribution in [0.2, 0.25) is 5.02 Å². The zero-order valence-corrected chi connectivity index (χ0v) is 13.7. The molecule has 1 N–H and O–H groups in total. The first kappa shape index (κ1) is 16.8. The van der Waals surface area contributed by atoms with Crippen LogP contribution in [0.5, 0.6) is 0 Å². The highest BCUT2D eigenvalue weighted by molar-refractivity contribution is 6.33. The molecule has 2 rings (SSSR count). The summed E-state index contributed by atoms with van der Waals surface area (Å²) >= 11 is 6.11. The predicted octanol–water partition coefficient (Wildman–Crippen LogP) is 3.11. The third-order valence-corrected chi connectivity index (χ3v) is 4.31. The van der Waals surface area contributed by atoms with Crippen molar-refractivity contribution in [2.75, 3.05) is 19.6 Å². The van der Waals surface area contributed by atoms with E-state index in [-0.39, 0.29) is 11.8 Å². The zero-order valence-electron chi connectivity index (χ0n) is 13.0. The second-order valence-electron chi connectivity index (χ2n) is 5.79. The molecule has 0 saturated carbocycles. The van der Waals surface area contributed by atoms with Gasteiger partial charge < -0.3 is 10.2 Å². The molecule has 5 heteroatoms. The number of likely N-dealkylation sites (tertiary alicyclic amines) is 1. The van der Waals surface area contributed by atoms with E-state index in [9.17, 15) is 9.59 Å². The summed E-state index contributed by atoms with van der Waals surface area (Å²) in [5.41, 5.74) is 0.555. The third-order valence-electron chi connectivity index (χ3n) is 3.98. The van der Waals surface area contributed by atoms with Gasteiger partial charge >= 0.3 is 0 Å². The van der Waals surface area contributed by atoms with Crippen LogP contribution >= 0.6 is 11.6 Å². The SMILES string of the molecule is CCCC(=O)NC[C@H]1CCCN(C(=O)c2ccccc2Cl)C1. The summed E-state index contributed by atoms with van der Waals surface area (Å²) in [6, 6.07) is 7.14. The molecule has 1 aliphatic rings. The average molecular weight is 323 g/mol. The molecule has 0 aliphatic carbocycles. The van der Waals surface area contributed by atoms with Crippen molar-refractivity contribution in [3.63, 3.8) is 0 Å². The minimum absolute atomic E-state index is 0.0183. The van der Waals surface area contributed by atoms with Gasteiger partial charge in [-0.1, -0.05) is 30.7 Å². The van der Waals surface area contributed by atoms with E-state index in [1.807, 2.05) is 24.0 Å². The lowest BCUT2D eigenvalue weighted by Crippen LogP contribution is -2.43. The Labute approximate surface area is 136 Å². The Hall–Kier alpha value is -1.55. The van der Waals surface area contributed by atoms with Gasteiger partial charge in [0.15, 0.2) is 0 Å². The number of amides is 2. The van der Waals surface area contributed by atoms with E-state index in [1.54, 1.807) is 12.1 Å². The van der Waals surface area contributed by atoms with Crippen molar-refractivity contribution >= 4 is 23.4 Å². The monoisotopic (exact) mass is 322 g/mol. The summed E-state index contributed by atoms with van der Waals surface area (Å²) in [7, 11) is 0. The lowest BCUT2D eigenvalue weighted by atomic mass is 9.97. The quantitative estimate of drug-likeness (QED) is 0.905. The maximum absolute atomic E-state index is 12.6. The molecule has 1 atom stereocenters. The van der Waals surface area contributed by atoms with E-state index in [2.05, 4.69) is 5.32 Å². The van der Waals surface area contributed by atoms with Gasteiger partial charge in [-0.25, -0.2) is 0 Å². The molecule has 4 nitrogen and oxygen atoms in total. The van der Waals surface area contributed by atoms with Crippen LogP contribution in [0.25, 0.3) is 0 Å². The first-order chi connectivity index (χ1) is 10.6. The molecule has 0 radical (unpaired) electrons. The highest BCUT2D eigenvalue weighted by atomic mass is 35.5. The van der Waals surface area contributed by atoms with Crippen molar-refractivity contribution in [2.45, 2.75) is 32.6 Å². The van der Waals surface area contributed by atoms with E-state index in [0.717, 1.165) is 25.8 Å². The number of piperidine rings is 1. The Balaban J connectivity index is 1.91. The van der Waals surface area contributed by atoms with Crippen LogP contribution in [0.3, 0.4) is 0 Å². The lowest BCUT2D eigenvalue weighted by molar-refractivity contribution is -0.121. The number of nitrogens with zero attached hydrogens (tertiary/aromatic N) is 1. The highest BCUT2D eigenvalue weighted by Gasteiger charge is 2.25. The van der Waals surface area contributed by atoms with Crippen molar-refractivity contribution in [1.29, 1.82) is 0 Å². The van der Waals surface area contributed by atoms with Gasteiger partial charge in [0.1, 0.15) is 0 Å². The normalized spacial score (nSPS) is 18.1. The smallest absolute Gasteiger partial charge is 0.255 e. The number of hydrogen-bond acceptors (Lipinski definition) is 2. The summed E-state index contributed by atoms with van der Waals surface area (Å²) in [6.07, 6.45) is 3.42. The molecule has 1 saturated heterocycles. The fourth-order valence-electron chi connectivity index (χ4n) is 2.79. The van der Waals surface area contributed by atoms with E-state index < -0.39 is 0 Å². The number of benzene rings is 1. The minimum Gasteiger partial charge on any atom is -0.356 e. The number of carbonyl (C=O) groups excluding carboxylic acids is 2. The lowest BCUT2D eigenvalue weighted by Gasteiger charge is -2.33. The molecule has 22 heavy (non-hydrogen) atoms. The van der Waals surface area contributed by atoms with E-state index in [4.69, 9.17) is 11.6 Å². The largest absolute Gasteiger partial charge is 0.356 e. The van der Waals surface area contributed by atoms with Gasteiger partial charge in [-0.05, 0) is 37.3 Å². The molecule has 1 aromatic rings. The van der Waals surface area contributed by atoms with Crippen LogP contribution in [-0.4, -0.2) is 36.3 Å². The second kappa shape index (κ2) is 8.18. The standard InChI is InChI=1S/C17H23ClN2O2/c1-2-6-16(21)19-11-13-7-5-10-20(12-13)17(22)14-8-3-4-9-15(14)18/h3-4,8-9,13H,2,5-7,10-12H2,1H3,(H,19,21)/t13-/m1/s1. The van der Waals surface area contributed by atoms with Gasteiger partial charge in [-0.3, -0.25) is 9.59 Å². The maximum Gasteiger partial charge on any atom is 0.255 e. The average Bonchev–Trinajstić information content (AvgIpc) is 2.53. The van der Waals surface area contributed by atoms with Gasteiger partial charge in [0.2, 0.25) is 5.91 Å². The fourth-order valence-corrected chi connectivity index (χ4v) is 3.01. The van der Waals surface area contributed by atoms with Crippen molar-refractivity contribution < 1.29 is 9.59 Å². The molecule has 0 aromatic heterocycles. The predicted molar refractivity (Wildman–Crippen MR) is 88.0 cm³/mol. The fraction of sp³-hybridized carbons (Fsp3) is 0.529. The van der Waals surface area contributed by atoms with Gasteiger partial charge in [0, 0.05) is 26.1 Å². The Morgan fingerprint density at radius 3 is 2.86 bits per heavy atom. The second-order valence-corrected chi connectivity index (χ2v) is 6.20. The molecule has 0 spiro atoms. The molecule has 1 heterocycles. The first-order valence-electron chi connectivity index (χ1n) is 7.92. The summed E-state index contributed by atoms with van der Waals surface area (Å²) in [4.78, 5) is 26.0. The number of halogens is 1. The van der Waals surface area contributed by atoms with Crippen LogP contribution in [-0.2, 0) is 4.79 Å². The number of nitrogens with one attached hydrogen (secondary N) is 1. The van der Waals surface area contributed by atoms with Crippen LogP contribution in [0.15, 0.2) is 24.3 Å². The van der Waals surface area contributed by atoms with Crippen molar-refractivity contribution in [1.82, 2.24) is 10.2 Å². The Morgan fingerprint density at radius 2 is 2.14 bits per heavy atom. The van der Waals surface area contributed by atoms with E-state index in [1.165, 1.54) is 0 Å². The van der Waals surface area contributed by atoms with Gasteiger partial charge in [-0.15, -0.1) is 0 Å². The molecule has 1 aliphatic heterocycles.